The number of hydrogen-bond acceptors (Lipinski definition) is 2. The Morgan fingerprint density at radius 3 is 2.35 bits per heavy atom. The number of carbonyl (C=O) groups is 1. The van der Waals surface area contributed by atoms with E-state index in [1.165, 1.54) is 29.1 Å². The van der Waals surface area contributed by atoms with Crippen LogP contribution in [0.2, 0.25) is 0 Å². The number of nitrogens with zero attached hydrogens (tertiary/aromatic N) is 2. The Morgan fingerprint density at radius 2 is 1.77 bits per heavy atom. The molecule has 0 radical (unpaired) electrons. The minimum Gasteiger partial charge on any atom is -0.322 e. The van der Waals surface area contributed by atoms with Crippen LogP contribution in [-0.4, -0.2) is 15.5 Å². The lowest BCUT2D eigenvalue weighted by atomic mass is 10.1. The van der Waals surface area contributed by atoms with Crippen LogP contribution in [0.4, 0.5) is 18.9 Å². The summed E-state index contributed by atoms with van der Waals surface area (Å²) in [6.07, 6.45) is -1.68. The summed E-state index contributed by atoms with van der Waals surface area (Å²) in [7, 11) is 0. The first-order valence-corrected chi connectivity index (χ1v) is 7.85. The van der Waals surface area contributed by atoms with Crippen molar-refractivity contribution in [3.8, 4) is 5.69 Å². The van der Waals surface area contributed by atoms with Gasteiger partial charge in [0.15, 0.2) is 0 Å². The van der Waals surface area contributed by atoms with Gasteiger partial charge >= 0.3 is 6.18 Å². The second-order valence-corrected chi connectivity index (χ2v) is 5.89. The van der Waals surface area contributed by atoms with Crippen LogP contribution in [-0.2, 0) is 6.18 Å². The molecule has 1 aromatic heterocycles. The Kier molecular flexibility index (Phi) is 4.54. The number of alkyl halides is 3. The van der Waals surface area contributed by atoms with Crippen LogP contribution in [0, 0.1) is 13.8 Å². The predicted molar refractivity (Wildman–Crippen MR) is 92.4 cm³/mol. The molecule has 1 heterocycles. The maximum Gasteiger partial charge on any atom is 0.418 e. The van der Waals surface area contributed by atoms with Crippen LogP contribution in [0.15, 0.2) is 54.9 Å². The summed E-state index contributed by atoms with van der Waals surface area (Å²) in [6, 6.07) is 10.5. The van der Waals surface area contributed by atoms with Crippen molar-refractivity contribution < 1.29 is 18.0 Å². The van der Waals surface area contributed by atoms with Crippen molar-refractivity contribution in [2.24, 2.45) is 0 Å². The van der Waals surface area contributed by atoms with Gasteiger partial charge in [0.2, 0.25) is 0 Å². The zero-order chi connectivity index (χ0) is 18.9. The van der Waals surface area contributed by atoms with Crippen molar-refractivity contribution >= 4 is 11.6 Å². The average molecular weight is 359 g/mol. The Balaban J connectivity index is 1.96. The molecule has 0 aliphatic rings. The number of imidazole rings is 1. The van der Waals surface area contributed by atoms with E-state index in [2.05, 4.69) is 10.3 Å². The molecule has 1 N–H and O–H groups in total. The highest BCUT2D eigenvalue weighted by molar-refractivity contribution is 6.04. The number of rotatable bonds is 3. The van der Waals surface area contributed by atoms with E-state index in [1.807, 2.05) is 6.92 Å². The highest BCUT2D eigenvalue weighted by atomic mass is 19.4. The minimum absolute atomic E-state index is 0.0409. The normalized spacial score (nSPS) is 11.4. The lowest BCUT2D eigenvalue weighted by molar-refractivity contribution is -0.137. The van der Waals surface area contributed by atoms with Gasteiger partial charge in [-0.25, -0.2) is 4.98 Å². The van der Waals surface area contributed by atoms with Crippen molar-refractivity contribution in [2.75, 3.05) is 5.32 Å². The van der Waals surface area contributed by atoms with Gasteiger partial charge in [-0.05, 0) is 44.2 Å². The van der Waals surface area contributed by atoms with Crippen molar-refractivity contribution in [2.45, 2.75) is 20.0 Å². The van der Waals surface area contributed by atoms with Gasteiger partial charge in [-0.3, -0.25) is 4.79 Å². The number of benzene rings is 2. The number of amides is 1. The third-order valence-electron chi connectivity index (χ3n) is 3.96. The molecule has 134 valence electrons. The molecular formula is C19H16F3N3O. The second-order valence-electron chi connectivity index (χ2n) is 5.89. The Hall–Kier alpha value is -3.09. The van der Waals surface area contributed by atoms with E-state index in [0.717, 1.165) is 11.6 Å². The molecule has 7 heteroatoms. The number of nitrogens with one attached hydrogen (secondary N) is 1. The number of aromatic nitrogens is 2. The van der Waals surface area contributed by atoms with Crippen LogP contribution in [0.25, 0.3) is 5.69 Å². The zero-order valence-corrected chi connectivity index (χ0v) is 14.1. The van der Waals surface area contributed by atoms with E-state index >= 15 is 0 Å². The topological polar surface area (TPSA) is 46.9 Å². The van der Waals surface area contributed by atoms with E-state index < -0.39 is 17.6 Å². The van der Waals surface area contributed by atoms with Gasteiger partial charge < -0.3 is 9.88 Å². The largest absolute Gasteiger partial charge is 0.418 e. The molecule has 2 aromatic carbocycles. The molecule has 3 aromatic rings. The van der Waals surface area contributed by atoms with Crippen molar-refractivity contribution in [1.29, 1.82) is 0 Å². The van der Waals surface area contributed by atoms with Gasteiger partial charge in [0.1, 0.15) is 5.82 Å². The second kappa shape index (κ2) is 6.67. The molecule has 0 saturated heterocycles. The number of hydrogen-bond donors (Lipinski definition) is 1. The fraction of sp³-hybridized carbons (Fsp3) is 0.158. The third kappa shape index (κ3) is 3.61. The molecule has 0 aliphatic carbocycles. The van der Waals surface area contributed by atoms with E-state index in [9.17, 15) is 18.0 Å². The summed E-state index contributed by atoms with van der Waals surface area (Å²) in [5.74, 6) is -0.0309. The van der Waals surface area contributed by atoms with Gasteiger partial charge in [0, 0.05) is 23.6 Å². The van der Waals surface area contributed by atoms with E-state index in [0.29, 0.717) is 11.4 Å². The molecule has 0 spiro atoms. The molecule has 0 bridgehead atoms. The Morgan fingerprint density at radius 1 is 1.08 bits per heavy atom. The first-order chi connectivity index (χ1) is 12.3. The molecule has 1 amide bonds. The molecular weight excluding hydrogens is 343 g/mol. The highest BCUT2D eigenvalue weighted by Crippen LogP contribution is 2.36. The van der Waals surface area contributed by atoms with E-state index in [-0.39, 0.29) is 11.4 Å². The number of carbonyl (C=O) groups excluding carboxylic acids is 1. The van der Waals surface area contributed by atoms with Gasteiger partial charge in [-0.15, -0.1) is 0 Å². The molecule has 4 nitrogen and oxygen atoms in total. The monoisotopic (exact) mass is 359 g/mol. The summed E-state index contributed by atoms with van der Waals surface area (Å²) >= 11 is 0. The van der Waals surface area contributed by atoms with Crippen LogP contribution in [0.3, 0.4) is 0 Å². The van der Waals surface area contributed by atoms with Crippen molar-refractivity contribution in [3.63, 3.8) is 0 Å². The smallest absolute Gasteiger partial charge is 0.322 e. The molecule has 3 rings (SSSR count). The van der Waals surface area contributed by atoms with Crippen LogP contribution in [0.5, 0.6) is 0 Å². The lowest BCUT2D eigenvalue weighted by Gasteiger charge is -2.16. The SMILES string of the molecule is Cc1ccc(C(=O)Nc2ccc(-n3ccnc3C)c(C(F)(F)F)c2)cc1. The third-order valence-corrected chi connectivity index (χ3v) is 3.96. The van der Waals surface area contributed by atoms with Gasteiger partial charge in [0.25, 0.3) is 5.91 Å². The van der Waals surface area contributed by atoms with Gasteiger partial charge in [-0.1, -0.05) is 17.7 Å². The summed E-state index contributed by atoms with van der Waals surface area (Å²) in [5, 5.41) is 2.51. The Labute approximate surface area is 148 Å². The van der Waals surface area contributed by atoms with Crippen LogP contribution >= 0.6 is 0 Å². The average Bonchev–Trinajstić information content (AvgIpc) is 3.00. The molecule has 0 atom stereocenters. The number of halogens is 3. The Bertz CT molecular complexity index is 943. The predicted octanol–water partition coefficient (Wildman–Crippen LogP) is 4.76. The van der Waals surface area contributed by atoms with Crippen molar-refractivity contribution in [1.82, 2.24) is 9.55 Å². The maximum atomic E-state index is 13.5. The molecule has 26 heavy (non-hydrogen) atoms. The van der Waals surface area contributed by atoms with E-state index in [4.69, 9.17) is 0 Å². The highest BCUT2D eigenvalue weighted by Gasteiger charge is 2.34. The summed E-state index contributed by atoms with van der Waals surface area (Å²) in [4.78, 5) is 16.2. The lowest BCUT2D eigenvalue weighted by Crippen LogP contribution is -2.15. The maximum absolute atomic E-state index is 13.5. The number of aryl methyl sites for hydroxylation is 2. The summed E-state index contributed by atoms with van der Waals surface area (Å²) in [6.45, 7) is 3.50. The van der Waals surface area contributed by atoms with Crippen LogP contribution < -0.4 is 5.32 Å². The first kappa shape index (κ1) is 17.7. The quantitative estimate of drug-likeness (QED) is 0.733. The molecule has 0 saturated carbocycles. The van der Waals surface area contributed by atoms with E-state index in [1.54, 1.807) is 31.2 Å². The standard InChI is InChI=1S/C19H16F3N3O/c1-12-3-5-14(6-4-12)18(26)24-15-7-8-17(16(11-15)19(20,21)22)25-10-9-23-13(25)2/h3-11H,1-2H3,(H,24,26). The first-order valence-electron chi connectivity index (χ1n) is 7.85. The van der Waals surface area contributed by atoms with Crippen LogP contribution in [0.1, 0.15) is 27.3 Å². The number of anilines is 1. The minimum atomic E-state index is -4.57. The fourth-order valence-corrected chi connectivity index (χ4v) is 2.59. The summed E-state index contributed by atoms with van der Waals surface area (Å²) < 4.78 is 41.9. The molecule has 0 fully saturated rings. The van der Waals surface area contributed by atoms with Gasteiger partial charge in [-0.2, -0.15) is 13.2 Å². The van der Waals surface area contributed by atoms with Crippen molar-refractivity contribution in [3.05, 3.63) is 77.4 Å². The zero-order valence-electron chi connectivity index (χ0n) is 14.1. The fourth-order valence-electron chi connectivity index (χ4n) is 2.59. The molecule has 0 unspecified atom stereocenters. The van der Waals surface area contributed by atoms with Gasteiger partial charge in [0.05, 0.1) is 11.3 Å². The molecule has 0 aliphatic heterocycles. The summed E-state index contributed by atoms with van der Waals surface area (Å²) in [5.41, 5.74) is 0.546.